The van der Waals surface area contributed by atoms with Crippen molar-refractivity contribution in [2.24, 2.45) is 4.99 Å². The fourth-order valence-corrected chi connectivity index (χ4v) is 7.75. The van der Waals surface area contributed by atoms with Crippen molar-refractivity contribution >= 4 is 43.3 Å². The Hall–Kier alpha value is -4.19. The zero-order valence-electron chi connectivity index (χ0n) is 32.0. The number of hydrogen-bond donors (Lipinski definition) is 3. The number of carbonyl (C=O) groups excluding carboxylic acids is 5. The van der Waals surface area contributed by atoms with E-state index in [9.17, 15) is 28.7 Å². The van der Waals surface area contributed by atoms with Crippen LogP contribution in [0.5, 0.6) is 0 Å². The monoisotopic (exact) mass is 793 g/mol. The first kappa shape index (κ1) is 43.5. The standard InChI is InChI=1S/C36H53N6O12P/c1-5-8-22-54-35(47)39-18-20-42(21-19-39,25-31(44)53-7-3)33(45)29(26-55(48,49)50)41(24-30(43)52-6-2)34(46)36(40-17-14-28(23-40)51-4)15-16-37-32(38-36)27-12-10-9-11-13-27/h9-13,15-16,28-29H,5-8,14,17-26H2,1-4H3,(H2-,37,38,48,49,50)/p+1/t28-,29?,36+/m0/s1. The summed E-state index contributed by atoms with van der Waals surface area (Å²) in [7, 11) is -3.60. The topological polar surface area (TPSA) is 214 Å². The van der Waals surface area contributed by atoms with Crippen LogP contribution >= 0.6 is 7.60 Å². The number of hydrogen-bond acceptors (Lipinski definition) is 13. The SMILES string of the molecule is CCCCOC(=O)N1CC[N+](CC(=O)OCC)(C(=O)C(CP(=O)(O)O)N(CC(=O)OCC)C(=O)[C@]2(N3CC[C@H](OC)C3)C=CNC(c3ccccc3)=N2)CC1. The van der Waals surface area contributed by atoms with Gasteiger partial charge in [-0.15, -0.1) is 0 Å². The summed E-state index contributed by atoms with van der Waals surface area (Å²) in [6.07, 6.45) is 2.89. The minimum Gasteiger partial charge on any atom is -0.465 e. The summed E-state index contributed by atoms with van der Waals surface area (Å²) in [5.41, 5.74) is -1.30. The van der Waals surface area contributed by atoms with Crippen LogP contribution in [0.1, 0.15) is 45.6 Å². The van der Waals surface area contributed by atoms with E-state index in [1.807, 2.05) is 13.0 Å². The number of benzene rings is 1. The van der Waals surface area contributed by atoms with E-state index in [0.717, 1.165) is 11.3 Å². The molecule has 1 aromatic carbocycles. The van der Waals surface area contributed by atoms with Crippen molar-refractivity contribution in [1.82, 2.24) is 20.0 Å². The second-order valence-electron chi connectivity index (χ2n) is 13.6. The maximum absolute atomic E-state index is 15.4. The van der Waals surface area contributed by atoms with E-state index in [-0.39, 0.29) is 58.6 Å². The number of rotatable bonds is 17. The molecule has 3 heterocycles. The van der Waals surface area contributed by atoms with E-state index in [4.69, 9.17) is 23.9 Å². The van der Waals surface area contributed by atoms with Crippen molar-refractivity contribution in [2.45, 2.75) is 57.8 Å². The number of nitrogens with one attached hydrogen (secondary N) is 1. The predicted molar refractivity (Wildman–Crippen MR) is 198 cm³/mol. The third-order valence-electron chi connectivity index (χ3n) is 9.86. The van der Waals surface area contributed by atoms with Crippen LogP contribution in [0.15, 0.2) is 47.6 Å². The number of unbranched alkanes of at least 4 members (excludes halogenated alkanes) is 1. The molecule has 3 aliphatic rings. The van der Waals surface area contributed by atoms with E-state index >= 15 is 9.59 Å². The Bertz CT molecular complexity index is 1630. The molecule has 304 valence electrons. The summed E-state index contributed by atoms with van der Waals surface area (Å²) in [6.45, 7) is 3.83. The summed E-state index contributed by atoms with van der Waals surface area (Å²) in [4.78, 5) is 99.7. The second-order valence-corrected chi connectivity index (χ2v) is 15.3. The largest absolute Gasteiger partial charge is 0.465 e. The second kappa shape index (κ2) is 19.6. The lowest BCUT2D eigenvalue weighted by atomic mass is 10.0. The number of piperazine rings is 1. The molecule has 4 rings (SSSR count). The van der Waals surface area contributed by atoms with Gasteiger partial charge in [0, 0.05) is 32.0 Å². The number of amides is 3. The molecule has 3 aliphatic heterocycles. The summed E-state index contributed by atoms with van der Waals surface area (Å²) >= 11 is 0. The average Bonchev–Trinajstić information content (AvgIpc) is 3.66. The third kappa shape index (κ3) is 11.0. The molecular weight excluding hydrogens is 739 g/mol. The Morgan fingerprint density at radius 1 is 1.02 bits per heavy atom. The summed E-state index contributed by atoms with van der Waals surface area (Å²) in [5.74, 6) is -3.27. The summed E-state index contributed by atoms with van der Waals surface area (Å²) in [6, 6.07) is 6.98. The lowest BCUT2D eigenvalue weighted by Gasteiger charge is -2.46. The third-order valence-corrected chi connectivity index (χ3v) is 10.7. The summed E-state index contributed by atoms with van der Waals surface area (Å²) < 4.78 is 33.6. The van der Waals surface area contributed by atoms with Crippen molar-refractivity contribution in [3.05, 3.63) is 48.2 Å². The van der Waals surface area contributed by atoms with Gasteiger partial charge in [-0.3, -0.25) is 24.0 Å². The molecule has 0 aliphatic carbocycles. The molecule has 1 unspecified atom stereocenters. The fourth-order valence-electron chi connectivity index (χ4n) is 6.95. The minimum absolute atomic E-state index is 0.00870. The molecule has 3 N–H and O–H groups in total. The minimum atomic E-state index is -5.14. The molecule has 55 heavy (non-hydrogen) atoms. The molecule has 18 nitrogen and oxygen atoms in total. The van der Waals surface area contributed by atoms with Crippen molar-refractivity contribution < 1.29 is 61.8 Å². The van der Waals surface area contributed by atoms with Crippen LogP contribution in [0.4, 0.5) is 4.79 Å². The first-order valence-electron chi connectivity index (χ1n) is 18.6. The van der Waals surface area contributed by atoms with Gasteiger partial charge in [-0.1, -0.05) is 43.7 Å². The zero-order chi connectivity index (χ0) is 40.2. The molecule has 0 saturated carbocycles. The highest BCUT2D eigenvalue weighted by Gasteiger charge is 2.56. The lowest BCUT2D eigenvalue weighted by molar-refractivity contribution is -0.852. The van der Waals surface area contributed by atoms with Crippen molar-refractivity contribution in [2.75, 3.05) is 85.5 Å². The van der Waals surface area contributed by atoms with Gasteiger partial charge in [-0.2, -0.15) is 0 Å². The number of esters is 2. The van der Waals surface area contributed by atoms with Gasteiger partial charge in [0.2, 0.25) is 5.66 Å². The smallest absolute Gasteiger partial charge is 0.410 e. The molecule has 0 radical (unpaired) electrons. The highest BCUT2D eigenvalue weighted by atomic mass is 31.2. The Labute approximate surface area is 321 Å². The Morgan fingerprint density at radius 2 is 1.69 bits per heavy atom. The van der Waals surface area contributed by atoms with Crippen molar-refractivity contribution in [3.63, 3.8) is 0 Å². The molecule has 0 aromatic heterocycles. The van der Waals surface area contributed by atoms with Crippen LogP contribution in [-0.4, -0.2) is 168 Å². The molecule has 2 saturated heterocycles. The van der Waals surface area contributed by atoms with Crippen LogP contribution in [-0.2, 0) is 42.7 Å². The molecule has 1 aromatic rings. The van der Waals surface area contributed by atoms with Gasteiger partial charge in [-0.25, -0.2) is 23.9 Å². The van der Waals surface area contributed by atoms with Gasteiger partial charge < -0.3 is 39.0 Å². The van der Waals surface area contributed by atoms with Crippen LogP contribution in [0.25, 0.3) is 0 Å². The maximum Gasteiger partial charge on any atom is 0.410 e. The zero-order valence-corrected chi connectivity index (χ0v) is 32.9. The van der Waals surface area contributed by atoms with Gasteiger partial charge in [0.1, 0.15) is 25.5 Å². The fraction of sp³-hybridized carbons (Fsp3) is 0.611. The Morgan fingerprint density at radius 3 is 2.29 bits per heavy atom. The van der Waals surface area contributed by atoms with Crippen molar-refractivity contribution in [1.29, 1.82) is 0 Å². The summed E-state index contributed by atoms with van der Waals surface area (Å²) in [5, 5.41) is 3.07. The normalized spacial score (nSPS) is 21.5. The number of ether oxygens (including phenoxy) is 4. The van der Waals surface area contributed by atoms with Crippen LogP contribution in [0.2, 0.25) is 0 Å². The molecular formula is C36H54N6O12P+. The molecule has 19 heteroatoms. The number of methoxy groups -OCH3 is 1. The molecule has 0 spiro atoms. The average molecular weight is 794 g/mol. The Balaban J connectivity index is 1.85. The number of quaternary nitrogens is 1. The van der Waals surface area contributed by atoms with E-state index < -0.39 is 72.9 Å². The van der Waals surface area contributed by atoms with Gasteiger partial charge in [0.25, 0.3) is 5.91 Å². The number of carbonyl (C=O) groups is 5. The first-order chi connectivity index (χ1) is 26.2. The van der Waals surface area contributed by atoms with Gasteiger partial charge in [-0.05, 0) is 32.8 Å². The van der Waals surface area contributed by atoms with Gasteiger partial charge >= 0.3 is 31.5 Å². The first-order valence-corrected chi connectivity index (χ1v) is 20.4. The molecule has 3 amide bonds. The van der Waals surface area contributed by atoms with Crippen LogP contribution in [0, 0.1) is 0 Å². The van der Waals surface area contributed by atoms with Crippen LogP contribution in [0.3, 0.4) is 0 Å². The van der Waals surface area contributed by atoms with E-state index in [0.29, 0.717) is 30.8 Å². The number of aliphatic imine (C=N–C) groups is 1. The highest BCUT2D eigenvalue weighted by molar-refractivity contribution is 7.51. The van der Waals surface area contributed by atoms with E-state index in [2.05, 4.69) is 5.32 Å². The molecule has 3 atom stereocenters. The van der Waals surface area contributed by atoms with E-state index in [1.54, 1.807) is 50.1 Å². The predicted octanol–water partition coefficient (Wildman–Crippen LogP) is 1.06. The number of amidine groups is 1. The molecule has 0 bridgehead atoms. The van der Waals surface area contributed by atoms with Crippen molar-refractivity contribution in [3.8, 4) is 0 Å². The lowest BCUT2D eigenvalue weighted by Crippen LogP contribution is -2.71. The quantitative estimate of drug-likeness (QED) is 0.0662. The van der Waals surface area contributed by atoms with Gasteiger partial charge in [0.05, 0.1) is 45.2 Å². The number of nitrogens with zero attached hydrogens (tertiary/aromatic N) is 5. The highest BCUT2D eigenvalue weighted by Crippen LogP contribution is 2.39. The van der Waals surface area contributed by atoms with Gasteiger partial charge in [0.15, 0.2) is 12.6 Å². The number of likely N-dealkylation sites (tertiary alicyclic amines) is 1. The maximum atomic E-state index is 15.4. The molecule has 2 fully saturated rings. The Kier molecular flexibility index (Phi) is 15.5. The van der Waals surface area contributed by atoms with Crippen LogP contribution < -0.4 is 5.32 Å². The van der Waals surface area contributed by atoms with E-state index in [1.165, 1.54) is 17.2 Å².